The molecule has 3 rings (SSSR count). The zero-order valence-corrected chi connectivity index (χ0v) is 14.6. The van der Waals surface area contributed by atoms with E-state index in [1.54, 1.807) is 0 Å². The summed E-state index contributed by atoms with van der Waals surface area (Å²) in [5.74, 6) is -1.19. The Bertz CT molecular complexity index is 684. The predicted octanol–water partition coefficient (Wildman–Crippen LogP) is 1.58. The lowest BCUT2D eigenvalue weighted by Gasteiger charge is -2.32. The number of ether oxygens (including phenoxy) is 1. The minimum absolute atomic E-state index is 0.0928. The fraction of sp³-hybridized carbons (Fsp3) is 0.529. The summed E-state index contributed by atoms with van der Waals surface area (Å²) in [4.78, 5) is 23.8. The molecule has 24 heavy (non-hydrogen) atoms. The van der Waals surface area contributed by atoms with E-state index >= 15 is 0 Å². The number of esters is 1. The van der Waals surface area contributed by atoms with Crippen molar-refractivity contribution in [1.29, 1.82) is 0 Å². The van der Waals surface area contributed by atoms with Gasteiger partial charge in [-0.3, -0.25) is 9.59 Å². The van der Waals surface area contributed by atoms with Gasteiger partial charge < -0.3 is 19.4 Å². The smallest absolute Gasteiger partial charge is 0.469 e. The second-order valence-electron chi connectivity index (χ2n) is 7.26. The van der Waals surface area contributed by atoms with Crippen molar-refractivity contribution in [3.63, 3.8) is 0 Å². The van der Waals surface area contributed by atoms with Crippen LogP contribution in [-0.4, -0.2) is 37.3 Å². The van der Waals surface area contributed by atoms with E-state index in [2.05, 4.69) is 5.32 Å². The molecule has 1 N–H and O–H groups in total. The molecule has 1 aromatic carbocycles. The predicted molar refractivity (Wildman–Crippen MR) is 90.2 cm³/mol. The number of carbonyl (C=O) groups excluding carboxylic acids is 2. The van der Waals surface area contributed by atoms with E-state index < -0.39 is 30.2 Å². The van der Waals surface area contributed by atoms with Gasteiger partial charge in [-0.1, -0.05) is 12.1 Å². The maximum absolute atomic E-state index is 11.9. The number of methoxy groups -OCH3 is 1. The molecule has 1 atom stereocenters. The van der Waals surface area contributed by atoms with E-state index in [-0.39, 0.29) is 12.3 Å². The lowest BCUT2D eigenvalue weighted by atomic mass is 9.77. The van der Waals surface area contributed by atoms with Crippen LogP contribution >= 0.6 is 0 Å². The molecule has 2 heterocycles. The lowest BCUT2D eigenvalue weighted by Crippen LogP contribution is -2.41. The van der Waals surface area contributed by atoms with Crippen LogP contribution < -0.4 is 10.8 Å². The average Bonchev–Trinajstić information content (AvgIpc) is 2.73. The second-order valence-corrected chi connectivity index (χ2v) is 7.26. The third kappa shape index (κ3) is 2.72. The van der Waals surface area contributed by atoms with Crippen molar-refractivity contribution >= 4 is 30.1 Å². The van der Waals surface area contributed by atoms with E-state index in [9.17, 15) is 9.59 Å². The number of fused-ring (bicyclic) bond motifs is 1. The summed E-state index contributed by atoms with van der Waals surface area (Å²) in [6, 6.07) is 5.51. The number of hydrogen-bond acceptors (Lipinski definition) is 5. The summed E-state index contributed by atoms with van der Waals surface area (Å²) >= 11 is 0. The highest BCUT2D eigenvalue weighted by Crippen LogP contribution is 2.37. The monoisotopic (exact) mass is 331 g/mol. The molecule has 0 aliphatic carbocycles. The summed E-state index contributed by atoms with van der Waals surface area (Å²) in [5, 5.41) is 2.82. The molecule has 0 bridgehead atoms. The summed E-state index contributed by atoms with van der Waals surface area (Å²) in [6.07, 6.45) is 0.0928. The third-order valence-electron chi connectivity index (χ3n) is 5.13. The van der Waals surface area contributed by atoms with Crippen molar-refractivity contribution in [2.24, 2.45) is 0 Å². The molecule has 1 amide bonds. The fourth-order valence-corrected chi connectivity index (χ4v) is 2.96. The number of hydrogen-bond donors (Lipinski definition) is 1. The molecular formula is C17H22BNO5. The summed E-state index contributed by atoms with van der Waals surface area (Å²) < 4.78 is 16.9. The number of rotatable bonds is 2. The van der Waals surface area contributed by atoms with Gasteiger partial charge in [-0.25, -0.2) is 0 Å². The van der Waals surface area contributed by atoms with E-state index in [1.807, 2.05) is 45.9 Å². The van der Waals surface area contributed by atoms with Crippen molar-refractivity contribution in [2.75, 3.05) is 12.4 Å². The zero-order valence-electron chi connectivity index (χ0n) is 14.6. The topological polar surface area (TPSA) is 73.9 Å². The Morgan fingerprint density at radius 2 is 1.88 bits per heavy atom. The van der Waals surface area contributed by atoms with Gasteiger partial charge in [0, 0.05) is 12.1 Å². The van der Waals surface area contributed by atoms with Crippen LogP contribution in [0.3, 0.4) is 0 Å². The Hall–Kier alpha value is -1.86. The Balaban J connectivity index is 1.94. The van der Waals surface area contributed by atoms with E-state index in [4.69, 9.17) is 14.0 Å². The lowest BCUT2D eigenvalue weighted by molar-refractivity contribution is -0.143. The van der Waals surface area contributed by atoms with Crippen molar-refractivity contribution in [3.05, 3.63) is 23.8 Å². The molecule has 1 saturated heterocycles. The first kappa shape index (κ1) is 17.0. The number of nitrogens with one attached hydrogen (secondary N) is 1. The van der Waals surface area contributed by atoms with Gasteiger partial charge in [0.2, 0.25) is 5.91 Å². The minimum atomic E-state index is -0.578. The normalized spacial score (nSPS) is 24.3. The van der Waals surface area contributed by atoms with Crippen LogP contribution in [-0.2, 0) is 23.6 Å². The van der Waals surface area contributed by atoms with Crippen molar-refractivity contribution in [1.82, 2.24) is 0 Å². The molecule has 1 fully saturated rings. The highest BCUT2D eigenvalue weighted by molar-refractivity contribution is 6.62. The quantitative estimate of drug-likeness (QED) is 0.658. The summed E-state index contributed by atoms with van der Waals surface area (Å²) in [6.45, 7) is 7.95. The zero-order chi connectivity index (χ0) is 17.7. The highest BCUT2D eigenvalue weighted by atomic mass is 16.7. The van der Waals surface area contributed by atoms with Gasteiger partial charge in [-0.2, -0.15) is 0 Å². The van der Waals surface area contributed by atoms with Gasteiger partial charge in [0.15, 0.2) is 0 Å². The van der Waals surface area contributed by atoms with Crippen LogP contribution in [0, 0.1) is 0 Å². The second kappa shape index (κ2) is 5.60. The van der Waals surface area contributed by atoms with Crippen LogP contribution in [0.1, 0.15) is 45.6 Å². The van der Waals surface area contributed by atoms with Crippen LogP contribution in [0.2, 0.25) is 0 Å². The van der Waals surface area contributed by atoms with E-state index in [1.165, 1.54) is 7.11 Å². The molecule has 2 aliphatic rings. The number of amides is 1. The minimum Gasteiger partial charge on any atom is -0.469 e. The van der Waals surface area contributed by atoms with Crippen LogP contribution in [0.5, 0.6) is 0 Å². The van der Waals surface area contributed by atoms with Gasteiger partial charge >= 0.3 is 13.1 Å². The first-order valence-corrected chi connectivity index (χ1v) is 8.02. The van der Waals surface area contributed by atoms with Crippen LogP contribution in [0.25, 0.3) is 0 Å². The SMILES string of the molecule is COC(=O)C1CC(=O)Nc2cc(B3OC(C)(C)C(C)(C)O3)ccc21. The van der Waals surface area contributed by atoms with E-state index in [0.717, 1.165) is 11.0 Å². The van der Waals surface area contributed by atoms with Crippen molar-refractivity contribution in [2.45, 2.75) is 51.2 Å². The Morgan fingerprint density at radius 1 is 1.25 bits per heavy atom. The van der Waals surface area contributed by atoms with Crippen LogP contribution in [0.15, 0.2) is 18.2 Å². The maximum Gasteiger partial charge on any atom is 0.494 e. The number of benzene rings is 1. The van der Waals surface area contributed by atoms with Gasteiger partial charge in [0.25, 0.3) is 0 Å². The van der Waals surface area contributed by atoms with Gasteiger partial charge in [0.1, 0.15) is 0 Å². The van der Waals surface area contributed by atoms with Crippen molar-refractivity contribution < 1.29 is 23.6 Å². The third-order valence-corrected chi connectivity index (χ3v) is 5.13. The molecule has 1 unspecified atom stereocenters. The largest absolute Gasteiger partial charge is 0.494 e. The first-order valence-electron chi connectivity index (χ1n) is 8.02. The van der Waals surface area contributed by atoms with Gasteiger partial charge in [0.05, 0.1) is 24.2 Å². The summed E-state index contributed by atoms with van der Waals surface area (Å²) in [5.41, 5.74) is 1.28. The number of carbonyl (C=O) groups is 2. The first-order chi connectivity index (χ1) is 11.1. The number of anilines is 1. The highest BCUT2D eigenvalue weighted by Gasteiger charge is 2.51. The molecule has 0 aromatic heterocycles. The average molecular weight is 331 g/mol. The maximum atomic E-state index is 11.9. The molecule has 7 heteroatoms. The molecule has 6 nitrogen and oxygen atoms in total. The molecule has 0 saturated carbocycles. The molecule has 1 aromatic rings. The Morgan fingerprint density at radius 3 is 2.46 bits per heavy atom. The Kier molecular flexibility index (Phi) is 3.96. The standard InChI is InChI=1S/C17H22BNO5/c1-16(2)17(3,4)24-18(23-16)10-6-7-11-12(15(21)22-5)9-14(20)19-13(11)8-10/h6-8,12H,9H2,1-5H3,(H,19,20). The molecule has 0 spiro atoms. The molecular weight excluding hydrogens is 309 g/mol. The fourth-order valence-electron chi connectivity index (χ4n) is 2.96. The van der Waals surface area contributed by atoms with Gasteiger partial charge in [-0.15, -0.1) is 0 Å². The molecule has 0 radical (unpaired) electrons. The van der Waals surface area contributed by atoms with Crippen molar-refractivity contribution in [3.8, 4) is 0 Å². The Labute approximate surface area is 142 Å². The van der Waals surface area contributed by atoms with Crippen LogP contribution in [0.4, 0.5) is 5.69 Å². The molecule has 2 aliphatic heterocycles. The molecule has 128 valence electrons. The van der Waals surface area contributed by atoms with E-state index in [0.29, 0.717) is 5.69 Å². The van der Waals surface area contributed by atoms with Gasteiger partial charge in [-0.05, 0) is 44.8 Å². The summed E-state index contributed by atoms with van der Waals surface area (Å²) in [7, 11) is 0.809.